The third-order valence-electron chi connectivity index (χ3n) is 4.00. The van der Waals surface area contributed by atoms with E-state index < -0.39 is 0 Å². The fraction of sp³-hybridized carbons (Fsp3) is 0.588. The zero-order valence-corrected chi connectivity index (χ0v) is 12.9. The lowest BCUT2D eigenvalue weighted by Gasteiger charge is -2.16. The van der Waals surface area contributed by atoms with Gasteiger partial charge in [0.15, 0.2) is 0 Å². The van der Waals surface area contributed by atoms with Gasteiger partial charge >= 0.3 is 5.97 Å². The van der Waals surface area contributed by atoms with Crippen molar-refractivity contribution in [2.45, 2.75) is 51.5 Å². The maximum absolute atomic E-state index is 11.4. The molecule has 2 atom stereocenters. The van der Waals surface area contributed by atoms with E-state index >= 15 is 0 Å². The van der Waals surface area contributed by atoms with E-state index in [-0.39, 0.29) is 12.0 Å². The van der Waals surface area contributed by atoms with Crippen molar-refractivity contribution in [3.8, 4) is 5.75 Å². The minimum Gasteiger partial charge on any atom is -0.494 e. The summed E-state index contributed by atoms with van der Waals surface area (Å²) in [5.74, 6) is 1.14. The fourth-order valence-corrected chi connectivity index (χ4v) is 3.07. The molecule has 0 aliphatic heterocycles. The first kappa shape index (κ1) is 15.8. The van der Waals surface area contributed by atoms with E-state index in [0.717, 1.165) is 25.0 Å². The number of carbonyl (C=O) groups is 1. The van der Waals surface area contributed by atoms with Crippen LogP contribution in [0.3, 0.4) is 0 Å². The number of rotatable bonds is 7. The van der Waals surface area contributed by atoms with Crippen LogP contribution in [0.25, 0.3) is 0 Å². The van der Waals surface area contributed by atoms with Crippen LogP contribution in [-0.2, 0) is 16.0 Å². The Kier molecular flexibility index (Phi) is 5.62. The number of hydrogen-bond donors (Lipinski definition) is 1. The van der Waals surface area contributed by atoms with Gasteiger partial charge < -0.3 is 15.2 Å². The Balaban J connectivity index is 1.95. The molecule has 0 heterocycles. The summed E-state index contributed by atoms with van der Waals surface area (Å²) in [5.41, 5.74) is 8.87. The number of nitrogens with two attached hydrogens (primary N) is 1. The zero-order valence-electron chi connectivity index (χ0n) is 12.9. The number of carbonyl (C=O) groups excluding carboxylic acids is 1. The largest absolute Gasteiger partial charge is 0.494 e. The monoisotopic (exact) mass is 291 g/mol. The number of hydrogen-bond acceptors (Lipinski definition) is 4. The molecule has 2 N–H and O–H groups in total. The predicted molar refractivity (Wildman–Crippen MR) is 82.5 cm³/mol. The SMILES string of the molecule is CCOC(=O)CCCC1c2ccc(OCC)cc2CC1N. The lowest BCUT2D eigenvalue weighted by molar-refractivity contribution is -0.143. The van der Waals surface area contributed by atoms with Crippen molar-refractivity contribution < 1.29 is 14.3 Å². The molecule has 0 fully saturated rings. The van der Waals surface area contributed by atoms with Crippen LogP contribution in [0.1, 0.15) is 50.2 Å². The van der Waals surface area contributed by atoms with E-state index in [4.69, 9.17) is 15.2 Å². The maximum Gasteiger partial charge on any atom is 0.305 e. The Hall–Kier alpha value is -1.55. The van der Waals surface area contributed by atoms with Crippen LogP contribution in [0.4, 0.5) is 0 Å². The molecule has 116 valence electrons. The molecular weight excluding hydrogens is 266 g/mol. The van der Waals surface area contributed by atoms with E-state index in [0.29, 0.717) is 25.6 Å². The van der Waals surface area contributed by atoms with E-state index in [9.17, 15) is 4.79 Å². The lowest BCUT2D eigenvalue weighted by atomic mass is 9.93. The van der Waals surface area contributed by atoms with Crippen LogP contribution in [0.2, 0.25) is 0 Å². The molecule has 21 heavy (non-hydrogen) atoms. The minimum absolute atomic E-state index is 0.115. The summed E-state index contributed by atoms with van der Waals surface area (Å²) in [6, 6.07) is 6.38. The van der Waals surface area contributed by atoms with Crippen molar-refractivity contribution in [1.29, 1.82) is 0 Å². The first-order valence-electron chi connectivity index (χ1n) is 7.82. The highest BCUT2D eigenvalue weighted by Gasteiger charge is 2.29. The molecule has 2 rings (SSSR count). The second kappa shape index (κ2) is 7.46. The summed E-state index contributed by atoms with van der Waals surface area (Å²) >= 11 is 0. The van der Waals surface area contributed by atoms with Crippen molar-refractivity contribution >= 4 is 5.97 Å². The topological polar surface area (TPSA) is 61.5 Å². The molecule has 4 nitrogen and oxygen atoms in total. The van der Waals surface area contributed by atoms with E-state index in [2.05, 4.69) is 12.1 Å². The number of esters is 1. The highest BCUT2D eigenvalue weighted by atomic mass is 16.5. The maximum atomic E-state index is 11.4. The molecule has 2 unspecified atom stereocenters. The Morgan fingerprint density at radius 3 is 2.86 bits per heavy atom. The lowest BCUT2D eigenvalue weighted by Crippen LogP contribution is -2.25. The van der Waals surface area contributed by atoms with Gasteiger partial charge in [0.25, 0.3) is 0 Å². The highest BCUT2D eigenvalue weighted by molar-refractivity contribution is 5.69. The van der Waals surface area contributed by atoms with Gasteiger partial charge in [-0.25, -0.2) is 0 Å². The van der Waals surface area contributed by atoms with Crippen LogP contribution < -0.4 is 10.5 Å². The quantitative estimate of drug-likeness (QED) is 0.785. The van der Waals surface area contributed by atoms with Gasteiger partial charge in [-0.3, -0.25) is 4.79 Å². The van der Waals surface area contributed by atoms with Crippen LogP contribution >= 0.6 is 0 Å². The molecule has 4 heteroatoms. The molecule has 0 aromatic heterocycles. The molecular formula is C17H25NO3. The van der Waals surface area contributed by atoms with Crippen molar-refractivity contribution in [3.05, 3.63) is 29.3 Å². The van der Waals surface area contributed by atoms with Crippen molar-refractivity contribution in [1.82, 2.24) is 0 Å². The standard InChI is InChI=1S/C17H25NO3/c1-3-20-13-8-9-14-12(10-13)11-16(18)15(14)6-5-7-17(19)21-4-2/h8-10,15-16H,3-7,11,18H2,1-2H3. The van der Waals surface area contributed by atoms with Gasteiger partial charge in [-0.1, -0.05) is 6.07 Å². The van der Waals surface area contributed by atoms with Crippen molar-refractivity contribution in [2.24, 2.45) is 5.73 Å². The van der Waals surface area contributed by atoms with Gasteiger partial charge in [0.1, 0.15) is 5.75 Å². The van der Waals surface area contributed by atoms with Gasteiger partial charge in [0, 0.05) is 12.5 Å². The summed E-state index contributed by atoms with van der Waals surface area (Å²) in [5, 5.41) is 0. The number of fused-ring (bicyclic) bond motifs is 1. The molecule has 1 aromatic rings. The average Bonchev–Trinajstić information content (AvgIpc) is 2.75. The summed E-state index contributed by atoms with van der Waals surface area (Å²) in [6.45, 7) is 4.94. The molecule has 0 saturated carbocycles. The smallest absolute Gasteiger partial charge is 0.305 e. The first-order chi connectivity index (χ1) is 10.2. The Bertz CT molecular complexity index is 487. The van der Waals surface area contributed by atoms with Crippen molar-refractivity contribution in [2.75, 3.05) is 13.2 Å². The van der Waals surface area contributed by atoms with Crippen LogP contribution in [0, 0.1) is 0 Å². The average molecular weight is 291 g/mol. The predicted octanol–water partition coefficient (Wildman–Crippen LogP) is 2.79. The number of ether oxygens (including phenoxy) is 2. The highest BCUT2D eigenvalue weighted by Crippen LogP contribution is 2.37. The summed E-state index contributed by atoms with van der Waals surface area (Å²) in [4.78, 5) is 11.4. The Labute approximate surface area is 126 Å². The Morgan fingerprint density at radius 1 is 1.33 bits per heavy atom. The normalized spacial score (nSPS) is 20.1. The minimum atomic E-state index is -0.115. The molecule has 0 radical (unpaired) electrons. The summed E-state index contributed by atoms with van der Waals surface area (Å²) < 4.78 is 10.5. The molecule has 0 amide bonds. The van der Waals surface area contributed by atoms with Crippen LogP contribution in [0.15, 0.2) is 18.2 Å². The molecule has 1 aromatic carbocycles. The van der Waals surface area contributed by atoms with Crippen LogP contribution in [-0.4, -0.2) is 25.2 Å². The Morgan fingerprint density at radius 2 is 2.14 bits per heavy atom. The van der Waals surface area contributed by atoms with E-state index in [1.807, 2.05) is 19.9 Å². The zero-order chi connectivity index (χ0) is 15.2. The molecule has 0 bridgehead atoms. The van der Waals surface area contributed by atoms with E-state index in [1.165, 1.54) is 11.1 Å². The molecule has 1 aliphatic rings. The van der Waals surface area contributed by atoms with Gasteiger partial charge in [0.2, 0.25) is 0 Å². The van der Waals surface area contributed by atoms with Gasteiger partial charge in [-0.15, -0.1) is 0 Å². The third kappa shape index (κ3) is 3.97. The number of benzene rings is 1. The first-order valence-corrected chi connectivity index (χ1v) is 7.82. The molecule has 0 spiro atoms. The van der Waals surface area contributed by atoms with E-state index in [1.54, 1.807) is 0 Å². The molecule has 1 aliphatic carbocycles. The fourth-order valence-electron chi connectivity index (χ4n) is 3.07. The van der Waals surface area contributed by atoms with Gasteiger partial charge in [-0.2, -0.15) is 0 Å². The van der Waals surface area contributed by atoms with Gasteiger partial charge in [-0.05, 0) is 62.3 Å². The van der Waals surface area contributed by atoms with Crippen molar-refractivity contribution in [3.63, 3.8) is 0 Å². The third-order valence-corrected chi connectivity index (χ3v) is 4.00. The second-order valence-corrected chi connectivity index (χ2v) is 5.47. The molecule has 0 saturated heterocycles. The summed E-state index contributed by atoms with van der Waals surface area (Å²) in [6.07, 6.45) is 3.12. The van der Waals surface area contributed by atoms with Crippen LogP contribution in [0.5, 0.6) is 5.75 Å². The summed E-state index contributed by atoms with van der Waals surface area (Å²) in [7, 11) is 0. The second-order valence-electron chi connectivity index (χ2n) is 5.47. The van der Waals surface area contributed by atoms with Gasteiger partial charge in [0.05, 0.1) is 13.2 Å².